The van der Waals surface area contributed by atoms with Crippen molar-refractivity contribution in [3.8, 4) is 0 Å². The van der Waals surface area contributed by atoms with Crippen LogP contribution in [0.4, 0.5) is 27.6 Å². The number of benzene rings is 1. The van der Waals surface area contributed by atoms with Crippen molar-refractivity contribution in [2.75, 3.05) is 12.0 Å². The summed E-state index contributed by atoms with van der Waals surface area (Å²) in [6.07, 6.45) is -4.06. The molecule has 0 heterocycles. The monoisotopic (exact) mass is 301 g/mol. The topological polar surface area (TPSA) is 46.2 Å². The van der Waals surface area contributed by atoms with E-state index in [0.29, 0.717) is 0 Å². The zero-order valence-electron chi connectivity index (χ0n) is 9.21. The first kappa shape index (κ1) is 15.5. The van der Waals surface area contributed by atoms with Gasteiger partial charge in [0, 0.05) is 10.6 Å². The van der Waals surface area contributed by atoms with Gasteiger partial charge in [-0.25, -0.2) is 17.4 Å². The van der Waals surface area contributed by atoms with Crippen LogP contribution in [0.1, 0.15) is 0 Å². The van der Waals surface area contributed by atoms with Crippen LogP contribution in [0, 0.1) is 0 Å². The minimum atomic E-state index is -4.66. The molecule has 0 aliphatic carbocycles. The van der Waals surface area contributed by atoms with Gasteiger partial charge in [-0.1, -0.05) is 0 Å². The van der Waals surface area contributed by atoms with Gasteiger partial charge in [-0.15, -0.1) is 0 Å². The van der Waals surface area contributed by atoms with Gasteiger partial charge in [0.05, 0.1) is 0 Å². The number of hydrogen-bond acceptors (Lipinski definition) is 2. The van der Waals surface area contributed by atoms with E-state index in [2.05, 4.69) is 5.32 Å². The summed E-state index contributed by atoms with van der Waals surface area (Å²) in [6.45, 7) is -1.27. The van der Waals surface area contributed by atoms with Gasteiger partial charge >= 0.3 is 11.7 Å². The molecule has 1 aromatic carbocycles. The van der Waals surface area contributed by atoms with Crippen molar-refractivity contribution in [1.29, 1.82) is 0 Å². The van der Waals surface area contributed by atoms with Crippen LogP contribution in [0.3, 0.4) is 0 Å². The fourth-order valence-electron chi connectivity index (χ4n) is 1.09. The minimum Gasteiger partial charge on any atom is -0.324 e. The molecule has 1 N–H and O–H groups in total. The summed E-state index contributed by atoms with van der Waals surface area (Å²) in [5.74, 6) is -0.952. The van der Waals surface area contributed by atoms with Gasteiger partial charge in [0.2, 0.25) is 0 Å². The third-order valence-corrected chi connectivity index (χ3v) is 3.35. The van der Waals surface area contributed by atoms with Crippen molar-refractivity contribution < 1.29 is 31.0 Å². The van der Waals surface area contributed by atoms with Crippen LogP contribution in [0.5, 0.6) is 0 Å². The van der Waals surface area contributed by atoms with Gasteiger partial charge in [-0.3, -0.25) is 4.79 Å². The smallest absolute Gasteiger partial charge is 0.324 e. The molecule has 0 radical (unpaired) electrons. The first-order valence-electron chi connectivity index (χ1n) is 4.82. The van der Waals surface area contributed by atoms with Crippen LogP contribution in [-0.2, 0) is 15.6 Å². The van der Waals surface area contributed by atoms with Crippen LogP contribution in [0.2, 0.25) is 0 Å². The van der Waals surface area contributed by atoms with Crippen LogP contribution >= 0.6 is 0 Å². The zero-order valence-corrected chi connectivity index (χ0v) is 10.0. The maximum Gasteiger partial charge on any atom is 0.384 e. The van der Waals surface area contributed by atoms with Gasteiger partial charge in [-0.05, 0) is 24.3 Å². The molecule has 0 fully saturated rings. The number of carbonyl (C=O) groups is 1. The standard InChI is InChI=1S/C10H8F5NO2S/c11-5-8(17)16-6-1-3-7(4-2-6)19(18)10(14,15)9(12)13/h1-4,9H,5H2,(H,16,17). The third-order valence-electron chi connectivity index (χ3n) is 1.97. The molecule has 0 bridgehead atoms. The molecular formula is C10H8F5NO2S. The van der Waals surface area contributed by atoms with E-state index >= 15 is 0 Å². The second-order valence-electron chi connectivity index (χ2n) is 3.34. The van der Waals surface area contributed by atoms with Crippen LogP contribution in [0.25, 0.3) is 0 Å². The molecule has 19 heavy (non-hydrogen) atoms. The lowest BCUT2D eigenvalue weighted by atomic mass is 10.3. The van der Waals surface area contributed by atoms with Crippen LogP contribution in [0.15, 0.2) is 29.2 Å². The Kier molecular flexibility index (Phi) is 4.98. The fourth-order valence-corrected chi connectivity index (χ4v) is 1.95. The van der Waals surface area contributed by atoms with Crippen LogP contribution in [-0.4, -0.2) is 28.5 Å². The van der Waals surface area contributed by atoms with E-state index in [1.807, 2.05) is 0 Å². The Balaban J connectivity index is 2.87. The zero-order chi connectivity index (χ0) is 14.6. The predicted molar refractivity (Wildman–Crippen MR) is 58.4 cm³/mol. The molecular weight excluding hydrogens is 293 g/mol. The molecule has 1 atom stereocenters. The Hall–Kier alpha value is -1.51. The van der Waals surface area contributed by atoms with Crippen molar-refractivity contribution in [3.05, 3.63) is 24.3 Å². The average molecular weight is 301 g/mol. The Morgan fingerprint density at radius 2 is 1.79 bits per heavy atom. The number of nitrogens with one attached hydrogen (secondary N) is 1. The van der Waals surface area contributed by atoms with Crippen molar-refractivity contribution >= 4 is 22.4 Å². The molecule has 1 amide bonds. The normalized spacial score (nSPS) is 13.4. The number of rotatable bonds is 5. The van der Waals surface area contributed by atoms with Gasteiger partial charge in [0.25, 0.3) is 5.91 Å². The lowest BCUT2D eigenvalue weighted by Crippen LogP contribution is -2.31. The Labute approximate surface area is 107 Å². The number of alkyl halides is 5. The number of anilines is 1. The lowest BCUT2D eigenvalue weighted by molar-refractivity contribution is -0.117. The third kappa shape index (κ3) is 3.72. The highest BCUT2D eigenvalue weighted by Gasteiger charge is 2.48. The summed E-state index contributed by atoms with van der Waals surface area (Å²) in [6, 6.07) is 3.89. The van der Waals surface area contributed by atoms with E-state index in [-0.39, 0.29) is 5.69 Å². The van der Waals surface area contributed by atoms with Crippen molar-refractivity contribution in [1.82, 2.24) is 0 Å². The maximum atomic E-state index is 12.8. The molecule has 0 saturated heterocycles. The second kappa shape index (κ2) is 6.09. The molecule has 0 aromatic heterocycles. The first-order chi connectivity index (χ1) is 8.78. The number of amides is 1. The Bertz CT molecular complexity index is 477. The van der Waals surface area contributed by atoms with E-state index in [1.165, 1.54) is 0 Å². The highest BCUT2D eigenvalue weighted by molar-refractivity contribution is 7.86. The highest BCUT2D eigenvalue weighted by atomic mass is 32.2. The Morgan fingerprint density at radius 3 is 2.21 bits per heavy atom. The molecule has 0 saturated carbocycles. The van der Waals surface area contributed by atoms with E-state index < -0.39 is 40.0 Å². The molecule has 9 heteroatoms. The molecule has 0 aliphatic rings. The average Bonchev–Trinajstić information content (AvgIpc) is 2.38. The van der Waals surface area contributed by atoms with Gasteiger partial charge in [-0.2, -0.15) is 8.78 Å². The number of halogens is 5. The quantitative estimate of drug-likeness (QED) is 0.850. The summed E-state index contributed by atoms with van der Waals surface area (Å²) in [5, 5.41) is -2.59. The first-order valence-corrected chi connectivity index (χ1v) is 5.97. The Morgan fingerprint density at radius 1 is 1.26 bits per heavy atom. The summed E-state index contributed by atoms with van der Waals surface area (Å²) in [7, 11) is -3.22. The molecule has 0 aliphatic heterocycles. The molecule has 106 valence electrons. The summed E-state index contributed by atoms with van der Waals surface area (Å²) in [4.78, 5) is 10.2. The lowest BCUT2D eigenvalue weighted by Gasteiger charge is -2.14. The SMILES string of the molecule is O=C(CF)Nc1ccc(S(=O)C(F)(F)C(F)F)cc1. The number of hydrogen-bond donors (Lipinski definition) is 1. The van der Waals surface area contributed by atoms with Gasteiger partial charge < -0.3 is 5.32 Å². The summed E-state index contributed by atoms with van der Waals surface area (Å²) < 4.78 is 72.8. The molecule has 1 aromatic rings. The maximum absolute atomic E-state index is 12.8. The minimum absolute atomic E-state index is 0.0729. The molecule has 1 rings (SSSR count). The fraction of sp³-hybridized carbons (Fsp3) is 0.300. The largest absolute Gasteiger partial charge is 0.384 e. The highest BCUT2D eigenvalue weighted by Crippen LogP contribution is 2.31. The van der Waals surface area contributed by atoms with Crippen molar-refractivity contribution in [2.45, 2.75) is 16.6 Å². The van der Waals surface area contributed by atoms with E-state index in [0.717, 1.165) is 24.3 Å². The van der Waals surface area contributed by atoms with E-state index in [4.69, 9.17) is 0 Å². The predicted octanol–water partition coefficient (Wildman–Crippen LogP) is 2.56. The van der Waals surface area contributed by atoms with Crippen molar-refractivity contribution in [3.63, 3.8) is 0 Å². The summed E-state index contributed by atoms with van der Waals surface area (Å²) in [5.41, 5.74) is 0.0729. The van der Waals surface area contributed by atoms with Gasteiger partial charge in [0.15, 0.2) is 6.67 Å². The van der Waals surface area contributed by atoms with E-state index in [9.17, 15) is 31.0 Å². The molecule has 3 nitrogen and oxygen atoms in total. The van der Waals surface area contributed by atoms with E-state index in [1.54, 1.807) is 0 Å². The van der Waals surface area contributed by atoms with Crippen LogP contribution < -0.4 is 5.32 Å². The van der Waals surface area contributed by atoms with Crippen molar-refractivity contribution in [2.24, 2.45) is 0 Å². The summed E-state index contributed by atoms with van der Waals surface area (Å²) >= 11 is 0. The molecule has 1 unspecified atom stereocenters. The number of carbonyl (C=O) groups excluding carboxylic acids is 1. The second-order valence-corrected chi connectivity index (χ2v) is 4.89. The van der Waals surface area contributed by atoms with Gasteiger partial charge in [0.1, 0.15) is 10.8 Å². The molecule has 0 spiro atoms.